The molecule has 1 heterocycles. The molecule has 1 aliphatic heterocycles. The van der Waals surface area contributed by atoms with Gasteiger partial charge >= 0.3 is 0 Å². The van der Waals surface area contributed by atoms with Crippen LogP contribution >= 0.6 is 24.2 Å². The summed E-state index contributed by atoms with van der Waals surface area (Å²) in [4.78, 5) is 21.0. The van der Waals surface area contributed by atoms with Gasteiger partial charge in [-0.25, -0.2) is 0 Å². The van der Waals surface area contributed by atoms with E-state index in [2.05, 4.69) is 48.3 Å². The van der Waals surface area contributed by atoms with Crippen LogP contribution in [0.15, 0.2) is 29.3 Å². The van der Waals surface area contributed by atoms with Gasteiger partial charge < -0.3 is 10.2 Å². The molecule has 5 fully saturated rings. The summed E-state index contributed by atoms with van der Waals surface area (Å²) in [7, 11) is 0. The van der Waals surface area contributed by atoms with Crippen LogP contribution in [0.4, 0.5) is 5.69 Å². The topological polar surface area (TPSA) is 44.7 Å². The fraction of sp³-hybridized carbons (Fsp3) is 0.724. The van der Waals surface area contributed by atoms with Gasteiger partial charge in [0.2, 0.25) is 5.91 Å². The summed E-state index contributed by atoms with van der Waals surface area (Å²) in [6, 6.07) is 8.68. The Hall–Kier alpha value is -1.20. The summed E-state index contributed by atoms with van der Waals surface area (Å²) in [6.07, 6.45) is 14.7. The van der Waals surface area contributed by atoms with Gasteiger partial charge in [0.15, 0.2) is 5.17 Å². The first-order valence-corrected chi connectivity index (χ1v) is 14.9. The van der Waals surface area contributed by atoms with E-state index in [1.54, 1.807) is 0 Å². The minimum absolute atomic E-state index is 0. The molecule has 194 valence electrons. The summed E-state index contributed by atoms with van der Waals surface area (Å²) in [5.41, 5.74) is 2.47. The number of rotatable bonds is 10. The molecule has 4 nitrogen and oxygen atoms in total. The van der Waals surface area contributed by atoms with E-state index in [0.717, 1.165) is 48.6 Å². The van der Waals surface area contributed by atoms with Gasteiger partial charge in [0.1, 0.15) is 0 Å². The van der Waals surface area contributed by atoms with E-state index in [1.165, 1.54) is 68.5 Å². The van der Waals surface area contributed by atoms with Crippen LogP contribution in [0.3, 0.4) is 0 Å². The molecule has 4 bridgehead atoms. The van der Waals surface area contributed by atoms with Gasteiger partial charge in [-0.3, -0.25) is 9.79 Å². The lowest BCUT2D eigenvalue weighted by Crippen LogP contribution is -2.50. The number of carbonyl (C=O) groups is 1. The molecule has 4 saturated carbocycles. The first-order valence-electron chi connectivity index (χ1n) is 13.9. The van der Waals surface area contributed by atoms with E-state index < -0.39 is 0 Å². The normalized spacial score (nSPS) is 32.2. The van der Waals surface area contributed by atoms with Crippen LogP contribution in [0.5, 0.6) is 0 Å². The van der Waals surface area contributed by atoms with E-state index in [9.17, 15) is 4.79 Å². The average Bonchev–Trinajstić information content (AvgIpc) is 3.16. The van der Waals surface area contributed by atoms with Gasteiger partial charge in [-0.1, -0.05) is 50.6 Å². The Labute approximate surface area is 222 Å². The molecule has 1 aromatic rings. The number of hydrogen-bond donors (Lipinski definition) is 1. The van der Waals surface area contributed by atoms with Crippen molar-refractivity contribution in [3.63, 3.8) is 0 Å². The molecule has 6 rings (SSSR count). The number of nitrogens with one attached hydrogen (secondary N) is 1. The van der Waals surface area contributed by atoms with Crippen LogP contribution < -0.4 is 5.32 Å². The Balaban J connectivity index is 0.00000289. The Morgan fingerprint density at radius 1 is 1.03 bits per heavy atom. The van der Waals surface area contributed by atoms with E-state index in [4.69, 9.17) is 4.99 Å². The maximum Gasteiger partial charge on any atom is 0.226 e. The molecule has 5 aliphatic rings. The minimum atomic E-state index is 0. The number of aliphatic imine (C=N–C) groups is 1. The third-order valence-corrected chi connectivity index (χ3v) is 9.80. The third-order valence-electron chi connectivity index (χ3n) is 8.66. The number of benzene rings is 1. The second-order valence-corrected chi connectivity index (χ2v) is 12.6. The molecule has 1 aromatic carbocycles. The fourth-order valence-corrected chi connectivity index (χ4v) is 8.64. The summed E-state index contributed by atoms with van der Waals surface area (Å²) >= 11 is 1.91. The number of unbranched alkanes of at least 4 members (excludes halogenated alkanes) is 2. The molecule has 1 unspecified atom stereocenters. The van der Waals surface area contributed by atoms with Gasteiger partial charge in [-0.2, -0.15) is 0 Å². The third kappa shape index (κ3) is 6.39. The molecule has 0 aromatic heterocycles. The van der Waals surface area contributed by atoms with Gasteiger partial charge in [0, 0.05) is 30.4 Å². The molecule has 6 heteroatoms. The second-order valence-electron chi connectivity index (χ2n) is 11.6. The number of halogens is 1. The monoisotopic (exact) mass is 517 g/mol. The van der Waals surface area contributed by atoms with E-state index >= 15 is 0 Å². The lowest BCUT2D eigenvalue weighted by Gasteiger charge is -2.55. The smallest absolute Gasteiger partial charge is 0.226 e. The Morgan fingerprint density at radius 2 is 1.66 bits per heavy atom. The van der Waals surface area contributed by atoms with Gasteiger partial charge in [0.25, 0.3) is 0 Å². The number of hydrogen-bond acceptors (Lipinski definition) is 3. The highest BCUT2D eigenvalue weighted by Gasteiger charge is 2.51. The SMILES string of the molecule is CCCCc1ccc(NC(=O)CC2CSC(=NC34CC5CC(CC(C5)C3)C4)N2CCCC)cc1.Cl. The highest BCUT2D eigenvalue weighted by Crippen LogP contribution is 2.57. The first-order chi connectivity index (χ1) is 16.6. The van der Waals surface area contributed by atoms with Crippen molar-refractivity contribution in [2.24, 2.45) is 22.7 Å². The number of anilines is 1. The molecule has 0 radical (unpaired) electrons. The van der Waals surface area contributed by atoms with E-state index in [0.29, 0.717) is 6.42 Å². The minimum Gasteiger partial charge on any atom is -0.347 e. The van der Waals surface area contributed by atoms with E-state index in [1.807, 2.05) is 11.8 Å². The largest absolute Gasteiger partial charge is 0.347 e. The number of amidine groups is 1. The fourth-order valence-electron chi connectivity index (χ4n) is 7.34. The summed E-state index contributed by atoms with van der Waals surface area (Å²) in [6.45, 7) is 5.50. The highest BCUT2D eigenvalue weighted by atomic mass is 35.5. The van der Waals surface area contributed by atoms with Crippen molar-refractivity contribution in [1.82, 2.24) is 4.90 Å². The van der Waals surface area contributed by atoms with Crippen LogP contribution in [0.2, 0.25) is 0 Å². The predicted molar refractivity (Wildman–Crippen MR) is 152 cm³/mol. The van der Waals surface area contributed by atoms with Crippen molar-refractivity contribution in [3.05, 3.63) is 29.8 Å². The Bertz CT molecular complexity index is 851. The van der Waals surface area contributed by atoms with Crippen molar-refractivity contribution in [1.29, 1.82) is 0 Å². The maximum absolute atomic E-state index is 13.0. The zero-order chi connectivity index (χ0) is 23.5. The van der Waals surface area contributed by atoms with Crippen LogP contribution in [0.25, 0.3) is 0 Å². The maximum atomic E-state index is 13.0. The van der Waals surface area contributed by atoms with Crippen LogP contribution in [-0.2, 0) is 11.2 Å². The van der Waals surface area contributed by atoms with Crippen LogP contribution in [0.1, 0.15) is 90.0 Å². The zero-order valence-electron chi connectivity index (χ0n) is 21.6. The van der Waals surface area contributed by atoms with Crippen molar-refractivity contribution >= 4 is 40.9 Å². The van der Waals surface area contributed by atoms with Gasteiger partial charge in [0.05, 0.1) is 5.54 Å². The van der Waals surface area contributed by atoms with Crippen molar-refractivity contribution in [2.75, 3.05) is 17.6 Å². The van der Waals surface area contributed by atoms with Crippen molar-refractivity contribution < 1.29 is 4.79 Å². The van der Waals surface area contributed by atoms with Crippen molar-refractivity contribution in [3.8, 4) is 0 Å². The first kappa shape index (κ1) is 26.9. The number of carbonyl (C=O) groups excluding carboxylic acids is 1. The zero-order valence-corrected chi connectivity index (χ0v) is 23.3. The molecule has 1 N–H and O–H groups in total. The number of amides is 1. The summed E-state index contributed by atoms with van der Waals surface area (Å²) < 4.78 is 0. The molecular weight excluding hydrogens is 474 g/mol. The Morgan fingerprint density at radius 3 is 2.26 bits per heavy atom. The molecule has 1 amide bonds. The molecule has 35 heavy (non-hydrogen) atoms. The Kier molecular flexibility index (Phi) is 9.13. The number of thioether (sulfide) groups is 1. The molecular formula is C29H44ClN3OS. The molecule has 0 spiro atoms. The molecule has 1 saturated heterocycles. The quantitative estimate of drug-likeness (QED) is 0.353. The summed E-state index contributed by atoms with van der Waals surface area (Å²) in [5, 5.41) is 4.40. The standard InChI is InChI=1S/C29H43N3OS.ClH/c1-3-5-7-21-8-10-25(11-9-21)30-27(33)16-26-20-34-28(32(26)12-6-4-2)31-29-17-22-13-23(18-29)15-24(14-22)19-29;/h8-11,22-24,26H,3-7,12-20H2,1-2H3,(H,30,33);1H. The van der Waals surface area contributed by atoms with Crippen LogP contribution in [0, 0.1) is 17.8 Å². The lowest BCUT2D eigenvalue weighted by molar-refractivity contribution is -0.116. The van der Waals surface area contributed by atoms with Crippen LogP contribution in [-0.4, -0.2) is 39.9 Å². The highest BCUT2D eigenvalue weighted by molar-refractivity contribution is 8.14. The summed E-state index contributed by atoms with van der Waals surface area (Å²) in [5.74, 6) is 3.87. The van der Waals surface area contributed by atoms with E-state index in [-0.39, 0.29) is 29.9 Å². The molecule has 4 aliphatic carbocycles. The van der Waals surface area contributed by atoms with Crippen molar-refractivity contribution in [2.45, 2.75) is 102 Å². The second kappa shape index (κ2) is 11.9. The number of nitrogens with zero attached hydrogens (tertiary/aromatic N) is 2. The van der Waals surface area contributed by atoms with Gasteiger partial charge in [-0.05, 0) is 93.2 Å². The number of aryl methyl sites for hydroxylation is 1. The van der Waals surface area contributed by atoms with Gasteiger partial charge in [-0.15, -0.1) is 12.4 Å². The lowest BCUT2D eigenvalue weighted by atomic mass is 9.53. The average molecular weight is 518 g/mol. The molecule has 1 atom stereocenters. The predicted octanol–water partition coefficient (Wildman–Crippen LogP) is 7.32.